The second-order valence-corrected chi connectivity index (χ2v) is 4.00. The van der Waals surface area contributed by atoms with Crippen molar-refractivity contribution in [2.24, 2.45) is 5.16 Å². The van der Waals surface area contributed by atoms with Crippen LogP contribution >= 0.6 is 0 Å². The van der Waals surface area contributed by atoms with E-state index in [0.717, 1.165) is 5.56 Å². The molecule has 0 heterocycles. The molecule has 0 amide bonds. The fraction of sp³-hybridized carbons (Fsp3) is 0.500. The summed E-state index contributed by atoms with van der Waals surface area (Å²) in [5.41, 5.74) is 1.28. The van der Waals surface area contributed by atoms with E-state index in [0.29, 0.717) is 43.6 Å². The third-order valence-electron chi connectivity index (χ3n) is 2.65. The second kappa shape index (κ2) is 9.17. The molecule has 0 saturated heterocycles. The van der Waals surface area contributed by atoms with E-state index < -0.39 is 0 Å². The van der Waals surface area contributed by atoms with Crippen LogP contribution in [0.25, 0.3) is 0 Å². The minimum Gasteiger partial charge on any atom is -0.493 e. The molecule has 0 aromatic heterocycles. The Morgan fingerprint density at radius 1 is 1.10 bits per heavy atom. The molecule has 0 unspecified atom stereocenters. The molecule has 0 spiro atoms. The van der Waals surface area contributed by atoms with Crippen LogP contribution < -0.4 is 9.47 Å². The lowest BCUT2D eigenvalue weighted by molar-refractivity contribution is 0.0540. The zero-order valence-electron chi connectivity index (χ0n) is 12.1. The maximum absolute atomic E-state index is 8.75. The van der Waals surface area contributed by atoms with Crippen molar-refractivity contribution in [3.05, 3.63) is 23.8 Å². The van der Waals surface area contributed by atoms with Crippen LogP contribution in [0.3, 0.4) is 0 Å². The van der Waals surface area contributed by atoms with E-state index in [1.165, 1.54) is 0 Å². The molecule has 0 radical (unpaired) electrons. The zero-order valence-corrected chi connectivity index (χ0v) is 12.1. The van der Waals surface area contributed by atoms with Crippen LogP contribution in [0.5, 0.6) is 11.5 Å². The molecule has 6 heteroatoms. The first kappa shape index (κ1) is 16.3. The first-order valence-corrected chi connectivity index (χ1v) is 6.29. The van der Waals surface area contributed by atoms with Crippen LogP contribution in [-0.4, -0.2) is 51.6 Å². The normalized spacial score (nSPS) is 11.4. The minimum absolute atomic E-state index is 0.423. The van der Waals surface area contributed by atoms with E-state index in [4.69, 9.17) is 24.2 Å². The summed E-state index contributed by atoms with van der Waals surface area (Å²) in [6.07, 6.45) is 0. The number of nitrogens with zero attached hydrogens (tertiary/aromatic N) is 1. The monoisotopic (exact) mass is 283 g/mol. The molecule has 1 aromatic carbocycles. The standard InChI is InChI=1S/C14H21NO5/c1-11(15-16)12-4-5-13(14(10-12)18-3)20-9-8-19-7-6-17-2/h4-5,10,16H,6-9H2,1-3H3. The van der Waals surface area contributed by atoms with Gasteiger partial charge in [0.05, 0.1) is 32.6 Å². The van der Waals surface area contributed by atoms with Gasteiger partial charge in [-0.2, -0.15) is 0 Å². The summed E-state index contributed by atoms with van der Waals surface area (Å²) < 4.78 is 21.0. The van der Waals surface area contributed by atoms with Gasteiger partial charge in [-0.15, -0.1) is 0 Å². The van der Waals surface area contributed by atoms with Gasteiger partial charge in [0.15, 0.2) is 11.5 Å². The number of ether oxygens (including phenoxy) is 4. The summed E-state index contributed by atoms with van der Waals surface area (Å²) in [6.45, 7) is 3.72. The van der Waals surface area contributed by atoms with Gasteiger partial charge in [0, 0.05) is 12.7 Å². The van der Waals surface area contributed by atoms with E-state index in [-0.39, 0.29) is 0 Å². The number of benzene rings is 1. The van der Waals surface area contributed by atoms with Crippen LogP contribution in [0.4, 0.5) is 0 Å². The van der Waals surface area contributed by atoms with Crippen molar-refractivity contribution in [2.75, 3.05) is 40.6 Å². The molecule has 20 heavy (non-hydrogen) atoms. The molecular weight excluding hydrogens is 262 g/mol. The third kappa shape index (κ3) is 5.07. The summed E-state index contributed by atoms with van der Waals surface area (Å²) in [5, 5.41) is 11.9. The van der Waals surface area contributed by atoms with E-state index >= 15 is 0 Å². The van der Waals surface area contributed by atoms with Gasteiger partial charge in [0.25, 0.3) is 0 Å². The SMILES string of the molecule is COCCOCCOc1ccc(C(C)=NO)cc1OC. The highest BCUT2D eigenvalue weighted by Gasteiger charge is 2.07. The maximum Gasteiger partial charge on any atom is 0.161 e. The maximum atomic E-state index is 8.75. The molecule has 1 rings (SSSR count). The highest BCUT2D eigenvalue weighted by atomic mass is 16.5. The molecule has 0 aliphatic rings. The van der Waals surface area contributed by atoms with Gasteiger partial charge < -0.3 is 24.2 Å². The van der Waals surface area contributed by atoms with Gasteiger partial charge in [-0.05, 0) is 25.1 Å². The van der Waals surface area contributed by atoms with E-state index in [9.17, 15) is 0 Å². The number of hydrogen-bond donors (Lipinski definition) is 1. The number of methoxy groups -OCH3 is 2. The van der Waals surface area contributed by atoms with Crippen LogP contribution in [0.1, 0.15) is 12.5 Å². The average molecular weight is 283 g/mol. The number of rotatable bonds is 9. The third-order valence-corrected chi connectivity index (χ3v) is 2.65. The number of oxime groups is 1. The Morgan fingerprint density at radius 3 is 2.50 bits per heavy atom. The molecule has 0 atom stereocenters. The molecule has 6 nitrogen and oxygen atoms in total. The van der Waals surface area contributed by atoms with Crippen molar-refractivity contribution in [3.63, 3.8) is 0 Å². The van der Waals surface area contributed by atoms with E-state index in [1.54, 1.807) is 39.3 Å². The van der Waals surface area contributed by atoms with Crippen molar-refractivity contribution in [3.8, 4) is 11.5 Å². The fourth-order valence-electron chi connectivity index (χ4n) is 1.52. The quantitative estimate of drug-likeness (QED) is 0.324. The molecule has 0 bridgehead atoms. The molecule has 1 N–H and O–H groups in total. The smallest absolute Gasteiger partial charge is 0.161 e. The van der Waals surface area contributed by atoms with Gasteiger partial charge in [0.1, 0.15) is 6.61 Å². The van der Waals surface area contributed by atoms with Crippen molar-refractivity contribution in [2.45, 2.75) is 6.92 Å². The van der Waals surface area contributed by atoms with Crippen LogP contribution in [0.15, 0.2) is 23.4 Å². The van der Waals surface area contributed by atoms with Gasteiger partial charge in [0.2, 0.25) is 0 Å². The zero-order chi connectivity index (χ0) is 14.8. The van der Waals surface area contributed by atoms with Crippen molar-refractivity contribution >= 4 is 5.71 Å². The first-order chi connectivity index (χ1) is 9.72. The summed E-state index contributed by atoms with van der Waals surface area (Å²) in [4.78, 5) is 0. The summed E-state index contributed by atoms with van der Waals surface area (Å²) >= 11 is 0. The summed E-state index contributed by atoms with van der Waals surface area (Å²) in [7, 11) is 3.19. The van der Waals surface area contributed by atoms with Crippen LogP contribution in [0.2, 0.25) is 0 Å². The van der Waals surface area contributed by atoms with Crippen molar-refractivity contribution in [1.82, 2.24) is 0 Å². The lowest BCUT2D eigenvalue weighted by atomic mass is 10.1. The van der Waals surface area contributed by atoms with E-state index in [1.807, 2.05) is 0 Å². The Kier molecular flexibility index (Phi) is 7.46. The van der Waals surface area contributed by atoms with Gasteiger partial charge >= 0.3 is 0 Å². The highest BCUT2D eigenvalue weighted by Crippen LogP contribution is 2.28. The first-order valence-electron chi connectivity index (χ1n) is 6.29. The average Bonchev–Trinajstić information content (AvgIpc) is 2.50. The minimum atomic E-state index is 0.423. The van der Waals surface area contributed by atoms with Crippen LogP contribution in [-0.2, 0) is 9.47 Å². The van der Waals surface area contributed by atoms with E-state index in [2.05, 4.69) is 5.16 Å². The molecule has 0 aliphatic carbocycles. The molecule has 0 aliphatic heterocycles. The highest BCUT2D eigenvalue weighted by molar-refractivity contribution is 5.98. The largest absolute Gasteiger partial charge is 0.493 e. The topological polar surface area (TPSA) is 69.5 Å². The summed E-state index contributed by atoms with van der Waals surface area (Å²) in [5.74, 6) is 1.21. The van der Waals surface area contributed by atoms with Crippen molar-refractivity contribution < 1.29 is 24.2 Å². The Bertz CT molecular complexity index is 434. The van der Waals surface area contributed by atoms with Gasteiger partial charge in [-0.25, -0.2) is 0 Å². The molecular formula is C14H21NO5. The predicted molar refractivity (Wildman–Crippen MR) is 75.2 cm³/mol. The predicted octanol–water partition coefficient (Wildman–Crippen LogP) is 1.94. The molecule has 0 fully saturated rings. The Labute approximate surface area is 118 Å². The summed E-state index contributed by atoms with van der Waals surface area (Å²) in [6, 6.07) is 5.34. The molecule has 0 saturated carbocycles. The Hall–Kier alpha value is -1.79. The van der Waals surface area contributed by atoms with Gasteiger partial charge in [-0.1, -0.05) is 5.16 Å². The van der Waals surface area contributed by atoms with Crippen LogP contribution in [0, 0.1) is 0 Å². The Morgan fingerprint density at radius 2 is 1.85 bits per heavy atom. The lowest BCUT2D eigenvalue weighted by Gasteiger charge is -2.12. The second-order valence-electron chi connectivity index (χ2n) is 4.00. The Balaban J connectivity index is 2.53. The molecule has 1 aromatic rings. The molecule has 112 valence electrons. The fourth-order valence-corrected chi connectivity index (χ4v) is 1.52. The van der Waals surface area contributed by atoms with Crippen molar-refractivity contribution in [1.29, 1.82) is 0 Å². The van der Waals surface area contributed by atoms with Gasteiger partial charge in [-0.3, -0.25) is 0 Å². The lowest BCUT2D eigenvalue weighted by Crippen LogP contribution is -2.10. The number of hydrogen-bond acceptors (Lipinski definition) is 6.